The Bertz CT molecular complexity index is 972. The SMILES string of the molecule is O=c1[nH]nc(-c2ccncc2)cc1-c1nc2ccncc2[nH]1. The van der Waals surface area contributed by atoms with Gasteiger partial charge in [0.25, 0.3) is 5.56 Å². The van der Waals surface area contributed by atoms with Crippen molar-refractivity contribution in [3.63, 3.8) is 0 Å². The monoisotopic (exact) mass is 290 g/mol. The first-order chi connectivity index (χ1) is 10.8. The van der Waals surface area contributed by atoms with Crippen LogP contribution < -0.4 is 5.56 Å². The van der Waals surface area contributed by atoms with Crippen LogP contribution in [0.4, 0.5) is 0 Å². The number of imidazole rings is 1. The van der Waals surface area contributed by atoms with Gasteiger partial charge >= 0.3 is 0 Å². The molecule has 4 rings (SSSR count). The van der Waals surface area contributed by atoms with Crippen LogP contribution in [0.5, 0.6) is 0 Å². The number of rotatable bonds is 2. The van der Waals surface area contributed by atoms with Crippen LogP contribution in [0.2, 0.25) is 0 Å². The Kier molecular flexibility index (Phi) is 2.75. The smallest absolute Gasteiger partial charge is 0.275 e. The van der Waals surface area contributed by atoms with E-state index >= 15 is 0 Å². The van der Waals surface area contributed by atoms with E-state index in [1.165, 1.54) is 0 Å². The Balaban J connectivity index is 1.89. The van der Waals surface area contributed by atoms with E-state index in [4.69, 9.17) is 0 Å². The molecule has 0 saturated heterocycles. The zero-order chi connectivity index (χ0) is 14.9. The maximum atomic E-state index is 12.1. The van der Waals surface area contributed by atoms with Gasteiger partial charge in [-0.05, 0) is 24.3 Å². The van der Waals surface area contributed by atoms with E-state index in [1.807, 2.05) is 12.1 Å². The Morgan fingerprint density at radius 2 is 1.82 bits per heavy atom. The third kappa shape index (κ3) is 2.05. The van der Waals surface area contributed by atoms with Crippen molar-refractivity contribution in [2.24, 2.45) is 0 Å². The molecular formula is C15H10N6O. The van der Waals surface area contributed by atoms with E-state index in [9.17, 15) is 4.79 Å². The number of fused-ring (bicyclic) bond motifs is 1. The van der Waals surface area contributed by atoms with E-state index in [0.29, 0.717) is 17.1 Å². The van der Waals surface area contributed by atoms with Crippen LogP contribution in [0.1, 0.15) is 0 Å². The molecule has 0 atom stereocenters. The quantitative estimate of drug-likeness (QED) is 0.586. The molecule has 4 aromatic rings. The first-order valence-electron chi connectivity index (χ1n) is 6.61. The normalized spacial score (nSPS) is 10.9. The Labute approximate surface area is 124 Å². The van der Waals surface area contributed by atoms with Gasteiger partial charge in [0, 0.05) is 24.2 Å². The molecule has 0 unspecified atom stereocenters. The molecule has 4 heterocycles. The van der Waals surface area contributed by atoms with E-state index in [2.05, 4.69) is 30.1 Å². The molecule has 0 spiro atoms. The fraction of sp³-hybridized carbons (Fsp3) is 0. The van der Waals surface area contributed by atoms with E-state index in [1.54, 1.807) is 36.9 Å². The molecule has 0 fully saturated rings. The largest absolute Gasteiger partial charge is 0.337 e. The summed E-state index contributed by atoms with van der Waals surface area (Å²) >= 11 is 0. The van der Waals surface area contributed by atoms with Gasteiger partial charge in [-0.3, -0.25) is 14.8 Å². The maximum Gasteiger partial charge on any atom is 0.275 e. The summed E-state index contributed by atoms with van der Waals surface area (Å²) in [4.78, 5) is 27.6. The zero-order valence-electron chi connectivity index (χ0n) is 11.3. The predicted octanol–water partition coefficient (Wildman–Crippen LogP) is 1.77. The summed E-state index contributed by atoms with van der Waals surface area (Å²) in [5, 5.41) is 6.58. The van der Waals surface area contributed by atoms with Crippen LogP contribution in [0, 0.1) is 0 Å². The highest BCUT2D eigenvalue weighted by atomic mass is 16.1. The number of aromatic amines is 2. The highest BCUT2D eigenvalue weighted by Crippen LogP contribution is 2.21. The molecule has 22 heavy (non-hydrogen) atoms. The standard InChI is InChI=1S/C15H10N6O/c22-15-10(14-18-11-3-6-17-8-13(11)19-14)7-12(20-21-15)9-1-4-16-5-2-9/h1-8H,(H,18,19)(H,21,22). The minimum absolute atomic E-state index is 0.301. The fourth-order valence-corrected chi connectivity index (χ4v) is 2.24. The van der Waals surface area contributed by atoms with E-state index in [-0.39, 0.29) is 5.56 Å². The van der Waals surface area contributed by atoms with Crippen molar-refractivity contribution in [2.75, 3.05) is 0 Å². The average Bonchev–Trinajstić information content (AvgIpc) is 3.00. The van der Waals surface area contributed by atoms with Gasteiger partial charge < -0.3 is 4.98 Å². The summed E-state index contributed by atoms with van der Waals surface area (Å²) in [6, 6.07) is 7.15. The lowest BCUT2D eigenvalue weighted by Gasteiger charge is -2.01. The predicted molar refractivity (Wildman–Crippen MR) is 81.0 cm³/mol. The highest BCUT2D eigenvalue weighted by molar-refractivity contribution is 5.78. The molecule has 2 N–H and O–H groups in total. The van der Waals surface area contributed by atoms with Crippen molar-refractivity contribution in [2.45, 2.75) is 0 Å². The first-order valence-corrected chi connectivity index (χ1v) is 6.61. The van der Waals surface area contributed by atoms with Crippen LogP contribution in [0.25, 0.3) is 33.7 Å². The van der Waals surface area contributed by atoms with Crippen LogP contribution >= 0.6 is 0 Å². The number of nitrogens with zero attached hydrogens (tertiary/aromatic N) is 4. The van der Waals surface area contributed by atoms with Crippen molar-refractivity contribution < 1.29 is 0 Å². The van der Waals surface area contributed by atoms with E-state index < -0.39 is 0 Å². The number of nitrogens with one attached hydrogen (secondary N) is 2. The van der Waals surface area contributed by atoms with Gasteiger partial charge in [-0.25, -0.2) is 10.1 Å². The average molecular weight is 290 g/mol. The second kappa shape index (κ2) is 4.88. The van der Waals surface area contributed by atoms with Gasteiger partial charge in [-0.1, -0.05) is 0 Å². The lowest BCUT2D eigenvalue weighted by molar-refractivity contribution is 0.993. The third-order valence-corrected chi connectivity index (χ3v) is 3.32. The van der Waals surface area contributed by atoms with Crippen molar-refractivity contribution in [3.8, 4) is 22.6 Å². The molecule has 0 bridgehead atoms. The molecule has 4 aromatic heterocycles. The van der Waals surface area contributed by atoms with Crippen molar-refractivity contribution >= 4 is 11.0 Å². The Hall–Kier alpha value is -3.35. The number of aromatic nitrogens is 6. The molecule has 7 nitrogen and oxygen atoms in total. The van der Waals surface area contributed by atoms with Gasteiger partial charge in [0.1, 0.15) is 5.82 Å². The summed E-state index contributed by atoms with van der Waals surface area (Å²) in [5.41, 5.74) is 3.18. The first kappa shape index (κ1) is 12.4. The molecule has 0 aliphatic heterocycles. The van der Waals surface area contributed by atoms with Gasteiger partial charge in [0.05, 0.1) is 28.5 Å². The van der Waals surface area contributed by atoms with Crippen LogP contribution in [-0.2, 0) is 0 Å². The molecule has 0 saturated carbocycles. The second-order valence-corrected chi connectivity index (χ2v) is 4.71. The molecule has 106 valence electrons. The minimum Gasteiger partial charge on any atom is -0.337 e. The number of hydrogen-bond acceptors (Lipinski definition) is 5. The van der Waals surface area contributed by atoms with Crippen LogP contribution in [0.15, 0.2) is 53.8 Å². The van der Waals surface area contributed by atoms with Gasteiger partial charge in [0.15, 0.2) is 0 Å². The lowest BCUT2D eigenvalue weighted by Crippen LogP contribution is -2.12. The highest BCUT2D eigenvalue weighted by Gasteiger charge is 2.11. The number of hydrogen-bond donors (Lipinski definition) is 2. The molecular weight excluding hydrogens is 280 g/mol. The minimum atomic E-state index is -0.301. The lowest BCUT2D eigenvalue weighted by atomic mass is 10.1. The van der Waals surface area contributed by atoms with Gasteiger partial charge in [-0.2, -0.15) is 5.10 Å². The maximum absolute atomic E-state index is 12.1. The van der Waals surface area contributed by atoms with Crippen LogP contribution in [-0.4, -0.2) is 30.1 Å². The van der Waals surface area contributed by atoms with Crippen LogP contribution in [0.3, 0.4) is 0 Å². The number of H-pyrrole nitrogens is 2. The van der Waals surface area contributed by atoms with Crippen molar-refractivity contribution in [3.05, 3.63) is 59.4 Å². The summed E-state index contributed by atoms with van der Waals surface area (Å²) in [7, 11) is 0. The summed E-state index contributed by atoms with van der Waals surface area (Å²) < 4.78 is 0. The Morgan fingerprint density at radius 3 is 2.64 bits per heavy atom. The topological polar surface area (TPSA) is 100 Å². The zero-order valence-corrected chi connectivity index (χ0v) is 11.3. The molecule has 7 heteroatoms. The molecule has 0 aliphatic carbocycles. The van der Waals surface area contributed by atoms with E-state index in [0.717, 1.165) is 16.6 Å². The van der Waals surface area contributed by atoms with Crippen molar-refractivity contribution in [1.29, 1.82) is 0 Å². The fourth-order valence-electron chi connectivity index (χ4n) is 2.24. The molecule has 0 amide bonds. The number of pyridine rings is 2. The van der Waals surface area contributed by atoms with Gasteiger partial charge in [0.2, 0.25) is 0 Å². The molecule has 0 radical (unpaired) electrons. The second-order valence-electron chi connectivity index (χ2n) is 4.71. The molecule has 0 aromatic carbocycles. The van der Waals surface area contributed by atoms with Gasteiger partial charge in [-0.15, -0.1) is 0 Å². The Morgan fingerprint density at radius 1 is 1.00 bits per heavy atom. The molecule has 0 aliphatic rings. The van der Waals surface area contributed by atoms with Crippen molar-refractivity contribution in [1.82, 2.24) is 30.1 Å². The summed E-state index contributed by atoms with van der Waals surface area (Å²) in [6.07, 6.45) is 6.68. The summed E-state index contributed by atoms with van der Waals surface area (Å²) in [5.74, 6) is 0.488. The third-order valence-electron chi connectivity index (χ3n) is 3.32. The summed E-state index contributed by atoms with van der Waals surface area (Å²) in [6.45, 7) is 0.